The minimum atomic E-state index is -0.486. The third-order valence-electron chi connectivity index (χ3n) is 2.71. The molecule has 0 N–H and O–H groups in total. The van der Waals surface area contributed by atoms with Crippen LogP contribution in [0, 0.1) is 11.8 Å². The molecule has 0 amide bonds. The molecule has 1 rings (SSSR count). The van der Waals surface area contributed by atoms with Crippen LogP contribution < -0.4 is 14.2 Å². The second-order valence-corrected chi connectivity index (χ2v) is 6.95. The first-order valence-corrected chi connectivity index (χ1v) is 7.76. The Balaban J connectivity index is 3.24. The number of benzene rings is 1. The van der Waals surface area contributed by atoms with Crippen LogP contribution in [-0.2, 0) is 9.59 Å². The Kier molecular flexibility index (Phi) is 6.19. The van der Waals surface area contributed by atoms with Crippen LogP contribution in [0.4, 0.5) is 0 Å². The summed E-state index contributed by atoms with van der Waals surface area (Å²) in [7, 11) is 0. The summed E-state index contributed by atoms with van der Waals surface area (Å²) in [6, 6.07) is 4.95. The maximum absolute atomic E-state index is 12.0. The molecule has 0 heterocycles. The molecule has 0 spiro atoms. The predicted octanol–water partition coefficient (Wildman–Crippen LogP) is 3.99. The van der Waals surface area contributed by atoms with Crippen molar-refractivity contribution in [2.45, 2.75) is 54.1 Å². The van der Waals surface area contributed by atoms with Gasteiger partial charge in [0, 0.05) is 0 Å². The lowest BCUT2D eigenvalue weighted by Gasteiger charge is -2.24. The second-order valence-electron chi connectivity index (χ2n) is 6.95. The van der Waals surface area contributed by atoms with Crippen molar-refractivity contribution in [3.05, 3.63) is 18.2 Å². The standard InChI is InChI=1S/C18H26O5/c1-11(2)16(19)21-13-9-8-10-14(23-18(5,6)7)15(13)22-17(20)12(3)4/h8-12H,1-7H3. The van der Waals surface area contributed by atoms with E-state index in [0.717, 1.165) is 0 Å². The van der Waals surface area contributed by atoms with Gasteiger partial charge in [-0.05, 0) is 32.9 Å². The molecule has 5 nitrogen and oxygen atoms in total. The second kappa shape index (κ2) is 7.49. The first-order chi connectivity index (χ1) is 10.5. The maximum atomic E-state index is 12.0. The van der Waals surface area contributed by atoms with Gasteiger partial charge in [-0.3, -0.25) is 9.59 Å². The van der Waals surface area contributed by atoms with Crippen LogP contribution in [0.25, 0.3) is 0 Å². The molecule has 0 aliphatic heterocycles. The fourth-order valence-electron chi connectivity index (χ4n) is 1.53. The third-order valence-corrected chi connectivity index (χ3v) is 2.71. The molecule has 128 valence electrons. The lowest BCUT2D eigenvalue weighted by atomic mass is 10.2. The molecular formula is C18H26O5. The molecule has 0 aliphatic carbocycles. The number of carbonyl (C=O) groups excluding carboxylic acids is 2. The highest BCUT2D eigenvalue weighted by Gasteiger charge is 2.24. The van der Waals surface area contributed by atoms with Crippen molar-refractivity contribution in [3.63, 3.8) is 0 Å². The molecule has 0 unspecified atom stereocenters. The van der Waals surface area contributed by atoms with Crippen LogP contribution in [-0.4, -0.2) is 17.5 Å². The Morgan fingerprint density at radius 2 is 1.35 bits per heavy atom. The largest absolute Gasteiger partial charge is 0.484 e. The van der Waals surface area contributed by atoms with Crippen molar-refractivity contribution in [3.8, 4) is 17.2 Å². The fourth-order valence-corrected chi connectivity index (χ4v) is 1.53. The number of hydrogen-bond acceptors (Lipinski definition) is 5. The minimum Gasteiger partial charge on any atom is -0.484 e. The van der Waals surface area contributed by atoms with Crippen LogP contribution in [0.2, 0.25) is 0 Å². The molecule has 1 aromatic rings. The lowest BCUT2D eigenvalue weighted by molar-refractivity contribution is -0.140. The van der Waals surface area contributed by atoms with Gasteiger partial charge in [0.15, 0.2) is 11.5 Å². The van der Waals surface area contributed by atoms with Crippen molar-refractivity contribution in [2.24, 2.45) is 11.8 Å². The van der Waals surface area contributed by atoms with E-state index in [9.17, 15) is 9.59 Å². The Morgan fingerprint density at radius 1 is 0.870 bits per heavy atom. The molecule has 0 fully saturated rings. The highest BCUT2D eigenvalue weighted by atomic mass is 16.6. The van der Waals surface area contributed by atoms with Crippen LogP contribution in [0.3, 0.4) is 0 Å². The number of rotatable bonds is 5. The molecule has 23 heavy (non-hydrogen) atoms. The van der Waals surface area contributed by atoms with Gasteiger partial charge in [0.25, 0.3) is 0 Å². The fraction of sp³-hybridized carbons (Fsp3) is 0.556. The molecular weight excluding hydrogens is 296 g/mol. The normalized spacial score (nSPS) is 11.5. The maximum Gasteiger partial charge on any atom is 0.314 e. The van der Waals surface area contributed by atoms with E-state index in [-0.39, 0.29) is 23.3 Å². The average Bonchev–Trinajstić information content (AvgIpc) is 2.40. The Labute approximate surface area is 137 Å². The van der Waals surface area contributed by atoms with Gasteiger partial charge in [-0.2, -0.15) is 0 Å². The SMILES string of the molecule is CC(C)C(=O)Oc1cccc(OC(C)(C)C)c1OC(=O)C(C)C. The summed E-state index contributed by atoms with van der Waals surface area (Å²) in [5.41, 5.74) is -0.486. The van der Waals surface area contributed by atoms with Crippen LogP contribution in [0.5, 0.6) is 17.2 Å². The van der Waals surface area contributed by atoms with Gasteiger partial charge in [0.05, 0.1) is 11.8 Å². The summed E-state index contributed by atoms with van der Waals surface area (Å²) in [5.74, 6) is -0.756. The summed E-state index contributed by atoms with van der Waals surface area (Å²) < 4.78 is 16.6. The summed E-state index contributed by atoms with van der Waals surface area (Å²) in [4.78, 5) is 23.9. The summed E-state index contributed by atoms with van der Waals surface area (Å²) in [6.45, 7) is 12.6. The predicted molar refractivity (Wildman–Crippen MR) is 87.8 cm³/mol. The zero-order valence-corrected chi connectivity index (χ0v) is 14.9. The molecule has 0 saturated carbocycles. The van der Waals surface area contributed by atoms with Crippen molar-refractivity contribution in [1.29, 1.82) is 0 Å². The zero-order valence-electron chi connectivity index (χ0n) is 14.9. The number of ether oxygens (including phenoxy) is 3. The highest BCUT2D eigenvalue weighted by Crippen LogP contribution is 2.39. The number of para-hydroxylation sites is 1. The van der Waals surface area contributed by atoms with Gasteiger partial charge < -0.3 is 14.2 Å². The van der Waals surface area contributed by atoms with Gasteiger partial charge >= 0.3 is 11.9 Å². The van der Waals surface area contributed by atoms with E-state index >= 15 is 0 Å². The quantitative estimate of drug-likeness (QED) is 0.606. The third kappa shape index (κ3) is 5.93. The van der Waals surface area contributed by atoms with Gasteiger partial charge in [0.1, 0.15) is 5.60 Å². The summed E-state index contributed by atoms with van der Waals surface area (Å²) in [6.07, 6.45) is 0. The minimum absolute atomic E-state index is 0.134. The van der Waals surface area contributed by atoms with E-state index in [2.05, 4.69) is 0 Å². The van der Waals surface area contributed by atoms with Gasteiger partial charge in [-0.1, -0.05) is 33.8 Å². The van der Waals surface area contributed by atoms with Crippen LogP contribution >= 0.6 is 0 Å². The van der Waals surface area contributed by atoms with E-state index in [0.29, 0.717) is 5.75 Å². The smallest absolute Gasteiger partial charge is 0.314 e. The summed E-state index contributed by atoms with van der Waals surface area (Å²) >= 11 is 0. The molecule has 0 aliphatic rings. The monoisotopic (exact) mass is 322 g/mol. The molecule has 0 aromatic heterocycles. The van der Waals surface area contributed by atoms with E-state index < -0.39 is 17.5 Å². The van der Waals surface area contributed by atoms with E-state index in [1.807, 2.05) is 20.8 Å². The van der Waals surface area contributed by atoms with Crippen molar-refractivity contribution in [1.82, 2.24) is 0 Å². The Morgan fingerprint density at radius 3 is 1.83 bits per heavy atom. The Hall–Kier alpha value is -2.04. The van der Waals surface area contributed by atoms with Crippen molar-refractivity contribution < 1.29 is 23.8 Å². The Bertz CT molecular complexity index is 567. The molecule has 0 bridgehead atoms. The van der Waals surface area contributed by atoms with Gasteiger partial charge in [-0.25, -0.2) is 0 Å². The highest BCUT2D eigenvalue weighted by molar-refractivity contribution is 5.79. The molecule has 0 atom stereocenters. The van der Waals surface area contributed by atoms with E-state index in [1.54, 1.807) is 45.9 Å². The van der Waals surface area contributed by atoms with E-state index in [4.69, 9.17) is 14.2 Å². The molecule has 1 aromatic carbocycles. The van der Waals surface area contributed by atoms with Crippen molar-refractivity contribution in [2.75, 3.05) is 0 Å². The van der Waals surface area contributed by atoms with E-state index in [1.165, 1.54) is 0 Å². The van der Waals surface area contributed by atoms with Crippen LogP contribution in [0.15, 0.2) is 18.2 Å². The molecule has 0 radical (unpaired) electrons. The first-order valence-electron chi connectivity index (χ1n) is 7.76. The summed E-state index contributed by atoms with van der Waals surface area (Å²) in [5, 5.41) is 0. The average molecular weight is 322 g/mol. The molecule has 5 heteroatoms. The number of carbonyl (C=O) groups is 2. The molecule has 0 saturated heterocycles. The number of esters is 2. The number of hydrogen-bond donors (Lipinski definition) is 0. The first kappa shape index (κ1) is 19.0. The van der Waals surface area contributed by atoms with Crippen LogP contribution in [0.1, 0.15) is 48.5 Å². The lowest BCUT2D eigenvalue weighted by Crippen LogP contribution is -2.24. The zero-order chi connectivity index (χ0) is 17.8. The van der Waals surface area contributed by atoms with Gasteiger partial charge in [-0.15, -0.1) is 0 Å². The topological polar surface area (TPSA) is 61.8 Å². The van der Waals surface area contributed by atoms with Gasteiger partial charge in [0.2, 0.25) is 5.75 Å². The van der Waals surface area contributed by atoms with Crippen molar-refractivity contribution >= 4 is 11.9 Å².